The second kappa shape index (κ2) is 4.90. The number of aliphatic hydroxyl groups is 1. The van der Waals surface area contributed by atoms with E-state index in [1.165, 1.54) is 0 Å². The molecule has 0 aliphatic heterocycles. The summed E-state index contributed by atoms with van der Waals surface area (Å²) in [5, 5.41) is 8.80. The van der Waals surface area contributed by atoms with Crippen LogP contribution in [0.25, 0.3) is 0 Å². The number of hydrogen-bond acceptors (Lipinski definition) is 2. The Morgan fingerprint density at radius 3 is 2.27 bits per heavy atom. The lowest BCUT2D eigenvalue weighted by atomic mass is 10.3. The zero-order valence-electron chi connectivity index (χ0n) is 8.05. The van der Waals surface area contributed by atoms with Gasteiger partial charge in [-0.25, -0.2) is 0 Å². The molecule has 0 aromatic carbocycles. The number of hydrogen-bond donors (Lipinski definition) is 1. The van der Waals surface area contributed by atoms with Gasteiger partial charge in [0.25, 0.3) is 0 Å². The quantitative estimate of drug-likeness (QED) is 0.648. The maximum atomic E-state index is 8.80. The lowest BCUT2D eigenvalue weighted by molar-refractivity contribution is 0.300. The Hall–Kier alpha value is 0.137. The molecule has 68 valence electrons. The third-order valence-corrected chi connectivity index (χ3v) is 5.92. The lowest BCUT2D eigenvalue weighted by Crippen LogP contribution is -2.35. The third-order valence-electron chi connectivity index (χ3n) is 1.97. The van der Waals surface area contributed by atoms with Gasteiger partial charge in [-0.3, -0.25) is 0 Å². The average molecular weight is 176 g/mol. The SMILES string of the molecule is CO[Si](C)(CCO)CC(C)C. The minimum atomic E-state index is -1.54. The smallest absolute Gasteiger partial charge is 0.191 e. The standard InChI is InChI=1S/C8H20O2Si/c1-8(2)7-11(4,10-3)6-5-9/h8-9H,5-7H2,1-4H3. The van der Waals surface area contributed by atoms with Crippen LogP contribution >= 0.6 is 0 Å². The molecule has 11 heavy (non-hydrogen) atoms. The molecular formula is C8H20O2Si. The van der Waals surface area contributed by atoms with Crippen molar-refractivity contribution >= 4 is 8.32 Å². The molecule has 0 amide bonds. The molecule has 0 bridgehead atoms. The van der Waals surface area contributed by atoms with Crippen LogP contribution in [-0.2, 0) is 4.43 Å². The Bertz CT molecular complexity index is 106. The van der Waals surface area contributed by atoms with Crippen molar-refractivity contribution < 1.29 is 9.53 Å². The van der Waals surface area contributed by atoms with E-state index >= 15 is 0 Å². The van der Waals surface area contributed by atoms with Gasteiger partial charge in [-0.2, -0.15) is 0 Å². The number of rotatable bonds is 5. The first-order chi connectivity index (χ1) is 5.04. The molecular weight excluding hydrogens is 156 g/mol. The Morgan fingerprint density at radius 1 is 1.45 bits per heavy atom. The maximum Gasteiger partial charge on any atom is 0.191 e. The topological polar surface area (TPSA) is 29.5 Å². The van der Waals surface area contributed by atoms with Gasteiger partial charge in [0.2, 0.25) is 0 Å². The predicted octanol–water partition coefficient (Wildman–Crippen LogP) is 1.86. The van der Waals surface area contributed by atoms with Crippen LogP contribution < -0.4 is 0 Å². The molecule has 1 unspecified atom stereocenters. The highest BCUT2D eigenvalue weighted by Gasteiger charge is 2.27. The molecule has 0 aromatic rings. The highest BCUT2D eigenvalue weighted by atomic mass is 28.4. The van der Waals surface area contributed by atoms with E-state index in [0.29, 0.717) is 5.92 Å². The summed E-state index contributed by atoms with van der Waals surface area (Å²) < 4.78 is 5.47. The van der Waals surface area contributed by atoms with Crippen molar-refractivity contribution in [3.05, 3.63) is 0 Å². The van der Waals surface area contributed by atoms with Gasteiger partial charge in [0, 0.05) is 13.7 Å². The minimum Gasteiger partial charge on any atom is -0.420 e. The molecule has 1 atom stereocenters. The molecule has 0 radical (unpaired) electrons. The van der Waals surface area contributed by atoms with Crippen molar-refractivity contribution in [2.24, 2.45) is 5.92 Å². The summed E-state index contributed by atoms with van der Waals surface area (Å²) in [6.07, 6.45) is 0. The van der Waals surface area contributed by atoms with E-state index in [-0.39, 0.29) is 6.61 Å². The van der Waals surface area contributed by atoms with Crippen LogP contribution in [0.3, 0.4) is 0 Å². The van der Waals surface area contributed by atoms with E-state index in [2.05, 4.69) is 20.4 Å². The highest BCUT2D eigenvalue weighted by Crippen LogP contribution is 2.20. The van der Waals surface area contributed by atoms with Crippen LogP contribution in [0.2, 0.25) is 18.6 Å². The molecule has 0 fully saturated rings. The van der Waals surface area contributed by atoms with Gasteiger partial charge in [0.05, 0.1) is 0 Å². The van der Waals surface area contributed by atoms with Gasteiger partial charge in [0.1, 0.15) is 0 Å². The summed E-state index contributed by atoms with van der Waals surface area (Å²) in [5.74, 6) is 0.679. The van der Waals surface area contributed by atoms with E-state index in [0.717, 1.165) is 12.1 Å². The summed E-state index contributed by atoms with van der Waals surface area (Å²) in [5.41, 5.74) is 0. The normalized spacial score (nSPS) is 16.9. The fourth-order valence-electron chi connectivity index (χ4n) is 1.39. The van der Waals surface area contributed by atoms with Gasteiger partial charge < -0.3 is 9.53 Å². The second-order valence-corrected chi connectivity index (χ2v) is 7.94. The summed E-state index contributed by atoms with van der Waals surface area (Å²) >= 11 is 0. The van der Waals surface area contributed by atoms with E-state index in [4.69, 9.17) is 9.53 Å². The monoisotopic (exact) mass is 176 g/mol. The van der Waals surface area contributed by atoms with E-state index < -0.39 is 8.32 Å². The zero-order valence-corrected chi connectivity index (χ0v) is 9.05. The Balaban J connectivity index is 3.87. The molecule has 0 saturated carbocycles. The lowest BCUT2D eigenvalue weighted by Gasteiger charge is -2.26. The molecule has 0 saturated heterocycles. The Labute approximate surface area is 70.7 Å². The fraction of sp³-hybridized carbons (Fsp3) is 1.00. The summed E-state index contributed by atoms with van der Waals surface area (Å²) in [6, 6.07) is 2.01. The van der Waals surface area contributed by atoms with Crippen molar-refractivity contribution in [2.45, 2.75) is 32.5 Å². The van der Waals surface area contributed by atoms with Crippen molar-refractivity contribution in [1.82, 2.24) is 0 Å². The summed E-state index contributed by atoms with van der Waals surface area (Å²) in [4.78, 5) is 0. The van der Waals surface area contributed by atoms with Crippen molar-refractivity contribution in [3.8, 4) is 0 Å². The highest BCUT2D eigenvalue weighted by molar-refractivity contribution is 6.72. The minimum absolute atomic E-state index is 0.267. The number of aliphatic hydroxyl groups excluding tert-OH is 1. The van der Waals surface area contributed by atoms with Crippen LogP contribution in [0, 0.1) is 5.92 Å². The van der Waals surface area contributed by atoms with E-state index in [9.17, 15) is 0 Å². The van der Waals surface area contributed by atoms with Crippen LogP contribution in [0.5, 0.6) is 0 Å². The van der Waals surface area contributed by atoms with Crippen molar-refractivity contribution in [3.63, 3.8) is 0 Å². The van der Waals surface area contributed by atoms with Crippen LogP contribution in [0.15, 0.2) is 0 Å². The largest absolute Gasteiger partial charge is 0.420 e. The molecule has 0 aliphatic carbocycles. The first kappa shape index (κ1) is 11.1. The van der Waals surface area contributed by atoms with Crippen LogP contribution in [-0.4, -0.2) is 27.1 Å². The maximum absolute atomic E-state index is 8.80. The van der Waals surface area contributed by atoms with Gasteiger partial charge >= 0.3 is 0 Å². The molecule has 0 heterocycles. The Morgan fingerprint density at radius 2 is 2.00 bits per heavy atom. The van der Waals surface area contributed by atoms with E-state index in [1.54, 1.807) is 7.11 Å². The van der Waals surface area contributed by atoms with Gasteiger partial charge in [-0.15, -0.1) is 0 Å². The molecule has 0 aliphatic rings. The van der Waals surface area contributed by atoms with E-state index in [1.807, 2.05) is 0 Å². The molecule has 3 heteroatoms. The zero-order chi connectivity index (χ0) is 8.91. The third kappa shape index (κ3) is 4.56. The predicted molar refractivity (Wildman–Crippen MR) is 50.2 cm³/mol. The Kier molecular flexibility index (Phi) is 4.96. The second-order valence-electron chi connectivity index (χ2n) is 3.73. The molecule has 0 rings (SSSR count). The van der Waals surface area contributed by atoms with Gasteiger partial charge in [0.15, 0.2) is 8.32 Å². The average Bonchev–Trinajstić information content (AvgIpc) is 1.87. The summed E-state index contributed by atoms with van der Waals surface area (Å²) in [7, 11) is 0.232. The van der Waals surface area contributed by atoms with Crippen molar-refractivity contribution in [1.29, 1.82) is 0 Å². The first-order valence-electron chi connectivity index (χ1n) is 4.20. The van der Waals surface area contributed by atoms with Gasteiger partial charge in [-0.05, 0) is 24.6 Å². The van der Waals surface area contributed by atoms with Crippen molar-refractivity contribution in [2.75, 3.05) is 13.7 Å². The fourth-order valence-corrected chi connectivity index (χ4v) is 4.16. The first-order valence-corrected chi connectivity index (χ1v) is 7.02. The molecule has 2 nitrogen and oxygen atoms in total. The summed E-state index contributed by atoms with van der Waals surface area (Å²) in [6.45, 7) is 6.84. The molecule has 1 N–H and O–H groups in total. The van der Waals surface area contributed by atoms with Gasteiger partial charge in [-0.1, -0.05) is 13.8 Å². The molecule has 0 aromatic heterocycles. The van der Waals surface area contributed by atoms with Crippen LogP contribution in [0.1, 0.15) is 13.8 Å². The van der Waals surface area contributed by atoms with Crippen LogP contribution in [0.4, 0.5) is 0 Å². The molecule has 0 spiro atoms.